The standard InChI is InChI=1S/C14H17Br3N2O/c15-9-7-10(16)14(20)12(17)11(9)13(8-1-2-8)19-5-3-18-4-6-19/h7-8,13,18,20H,1-6H2/t13-/m0/s1. The summed E-state index contributed by atoms with van der Waals surface area (Å²) in [6.45, 7) is 4.22. The number of hydrogen-bond donors (Lipinski definition) is 2. The Balaban J connectivity index is 2.01. The Hall–Kier alpha value is 0.380. The number of benzene rings is 1. The number of rotatable bonds is 3. The molecular formula is C14H17Br3N2O. The fourth-order valence-electron chi connectivity index (χ4n) is 2.95. The molecule has 0 amide bonds. The SMILES string of the molecule is Oc1c(Br)cc(Br)c([C@H](C2CC2)N2CCNCC2)c1Br. The van der Waals surface area contributed by atoms with Crippen LogP contribution in [0.15, 0.2) is 19.5 Å². The van der Waals surface area contributed by atoms with E-state index in [9.17, 15) is 5.11 Å². The van der Waals surface area contributed by atoms with Crippen LogP contribution in [0.1, 0.15) is 24.4 Å². The molecule has 1 saturated heterocycles. The number of aromatic hydroxyl groups is 1. The molecule has 20 heavy (non-hydrogen) atoms. The summed E-state index contributed by atoms with van der Waals surface area (Å²) in [6, 6.07) is 2.34. The van der Waals surface area contributed by atoms with Gasteiger partial charge in [-0.1, -0.05) is 15.9 Å². The molecule has 2 aliphatic rings. The maximum absolute atomic E-state index is 10.2. The van der Waals surface area contributed by atoms with Gasteiger partial charge in [-0.25, -0.2) is 0 Å². The molecule has 0 radical (unpaired) electrons. The molecule has 2 fully saturated rings. The topological polar surface area (TPSA) is 35.5 Å². The van der Waals surface area contributed by atoms with E-state index in [1.165, 1.54) is 18.4 Å². The van der Waals surface area contributed by atoms with Gasteiger partial charge in [-0.2, -0.15) is 0 Å². The minimum Gasteiger partial charge on any atom is -0.506 e. The van der Waals surface area contributed by atoms with Crippen LogP contribution in [-0.4, -0.2) is 36.2 Å². The van der Waals surface area contributed by atoms with E-state index < -0.39 is 0 Å². The minimum absolute atomic E-state index is 0.295. The summed E-state index contributed by atoms with van der Waals surface area (Å²) in [5.41, 5.74) is 1.19. The number of nitrogens with one attached hydrogen (secondary N) is 1. The first kappa shape index (κ1) is 15.3. The van der Waals surface area contributed by atoms with Crippen molar-refractivity contribution in [1.29, 1.82) is 0 Å². The smallest absolute Gasteiger partial charge is 0.144 e. The molecule has 1 aliphatic heterocycles. The maximum Gasteiger partial charge on any atom is 0.144 e. The average Bonchev–Trinajstić information content (AvgIpc) is 3.26. The van der Waals surface area contributed by atoms with Crippen molar-refractivity contribution in [3.63, 3.8) is 0 Å². The first-order chi connectivity index (χ1) is 9.59. The van der Waals surface area contributed by atoms with Crippen molar-refractivity contribution >= 4 is 47.8 Å². The van der Waals surface area contributed by atoms with E-state index in [0.717, 1.165) is 39.6 Å². The van der Waals surface area contributed by atoms with Crippen molar-refractivity contribution in [3.8, 4) is 5.75 Å². The van der Waals surface area contributed by atoms with Crippen LogP contribution in [0, 0.1) is 5.92 Å². The highest BCUT2D eigenvalue weighted by atomic mass is 79.9. The molecule has 0 aromatic heterocycles. The summed E-state index contributed by atoms with van der Waals surface area (Å²) in [4.78, 5) is 2.55. The van der Waals surface area contributed by atoms with Crippen molar-refractivity contribution in [1.82, 2.24) is 10.2 Å². The molecule has 0 bridgehead atoms. The lowest BCUT2D eigenvalue weighted by Gasteiger charge is -2.36. The van der Waals surface area contributed by atoms with Crippen molar-refractivity contribution in [2.24, 2.45) is 5.92 Å². The number of piperazine rings is 1. The Labute approximate surface area is 144 Å². The molecule has 0 spiro atoms. The van der Waals surface area contributed by atoms with E-state index >= 15 is 0 Å². The second kappa shape index (κ2) is 6.24. The van der Waals surface area contributed by atoms with Crippen LogP contribution in [0.5, 0.6) is 5.75 Å². The van der Waals surface area contributed by atoms with E-state index in [1.54, 1.807) is 0 Å². The van der Waals surface area contributed by atoms with Gasteiger partial charge in [-0.05, 0) is 56.7 Å². The molecule has 1 aromatic carbocycles. The molecule has 3 nitrogen and oxygen atoms in total. The van der Waals surface area contributed by atoms with E-state index in [-0.39, 0.29) is 0 Å². The van der Waals surface area contributed by atoms with Gasteiger partial charge in [0.15, 0.2) is 0 Å². The molecule has 1 aliphatic carbocycles. The van der Waals surface area contributed by atoms with Gasteiger partial charge >= 0.3 is 0 Å². The summed E-state index contributed by atoms with van der Waals surface area (Å²) in [7, 11) is 0. The van der Waals surface area contributed by atoms with Crippen LogP contribution >= 0.6 is 47.8 Å². The largest absolute Gasteiger partial charge is 0.506 e. The monoisotopic (exact) mass is 466 g/mol. The summed E-state index contributed by atoms with van der Waals surface area (Å²) >= 11 is 10.7. The number of phenols is 1. The van der Waals surface area contributed by atoms with Gasteiger partial charge in [0.05, 0.1) is 8.95 Å². The van der Waals surface area contributed by atoms with E-state index in [2.05, 4.69) is 58.0 Å². The van der Waals surface area contributed by atoms with Crippen LogP contribution in [0.2, 0.25) is 0 Å². The third-order valence-corrected chi connectivity index (χ3v) is 6.15. The molecule has 1 aromatic rings. The van der Waals surface area contributed by atoms with Crippen molar-refractivity contribution < 1.29 is 5.11 Å². The highest BCUT2D eigenvalue weighted by Gasteiger charge is 2.39. The number of nitrogens with zero attached hydrogens (tertiary/aromatic N) is 1. The fourth-order valence-corrected chi connectivity index (χ4v) is 5.54. The maximum atomic E-state index is 10.2. The van der Waals surface area contributed by atoms with E-state index in [4.69, 9.17) is 0 Å². The van der Waals surface area contributed by atoms with Crippen molar-refractivity contribution in [2.75, 3.05) is 26.2 Å². The molecule has 2 N–H and O–H groups in total. The molecule has 1 atom stereocenters. The second-order valence-corrected chi connectivity index (χ2v) is 7.99. The van der Waals surface area contributed by atoms with Gasteiger partial charge in [-0.3, -0.25) is 4.90 Å². The summed E-state index contributed by atoms with van der Waals surface area (Å²) in [6.07, 6.45) is 2.56. The normalized spacial score (nSPS) is 21.9. The highest BCUT2D eigenvalue weighted by Crippen LogP contribution is 2.51. The van der Waals surface area contributed by atoms with Crippen molar-refractivity contribution in [2.45, 2.75) is 18.9 Å². The molecule has 0 unspecified atom stereocenters. The van der Waals surface area contributed by atoms with Gasteiger partial charge in [0.25, 0.3) is 0 Å². The Morgan fingerprint density at radius 1 is 1.15 bits per heavy atom. The molecule has 3 rings (SSSR count). The minimum atomic E-state index is 0.295. The van der Waals surface area contributed by atoms with E-state index in [0.29, 0.717) is 17.7 Å². The van der Waals surface area contributed by atoms with E-state index in [1.807, 2.05) is 6.07 Å². The highest BCUT2D eigenvalue weighted by molar-refractivity contribution is 9.11. The lowest BCUT2D eigenvalue weighted by Crippen LogP contribution is -2.45. The Morgan fingerprint density at radius 3 is 2.40 bits per heavy atom. The van der Waals surface area contributed by atoms with Gasteiger partial charge in [0, 0.05) is 42.3 Å². The second-order valence-electron chi connectivity index (χ2n) is 5.48. The Bertz CT molecular complexity index is 514. The zero-order valence-electron chi connectivity index (χ0n) is 11.0. The predicted octanol–water partition coefficient (Wildman–Crippen LogP) is 4.04. The molecule has 6 heteroatoms. The Morgan fingerprint density at radius 2 is 1.80 bits per heavy atom. The number of phenolic OH excluding ortho intramolecular Hbond substituents is 1. The lowest BCUT2D eigenvalue weighted by molar-refractivity contribution is 0.155. The number of halogens is 3. The average molecular weight is 469 g/mol. The quantitative estimate of drug-likeness (QED) is 0.703. The third-order valence-electron chi connectivity index (χ3n) is 4.09. The fraction of sp³-hybridized carbons (Fsp3) is 0.571. The summed E-state index contributed by atoms with van der Waals surface area (Å²) in [5.74, 6) is 1.00. The molecule has 110 valence electrons. The van der Waals surface area contributed by atoms with Crippen LogP contribution < -0.4 is 5.32 Å². The molecule has 1 saturated carbocycles. The zero-order valence-corrected chi connectivity index (χ0v) is 15.8. The summed E-state index contributed by atoms with van der Waals surface area (Å²) in [5, 5.41) is 13.6. The summed E-state index contributed by atoms with van der Waals surface area (Å²) < 4.78 is 2.59. The third kappa shape index (κ3) is 2.95. The van der Waals surface area contributed by atoms with Gasteiger partial charge in [-0.15, -0.1) is 0 Å². The van der Waals surface area contributed by atoms with Crippen LogP contribution in [0.3, 0.4) is 0 Å². The zero-order chi connectivity index (χ0) is 14.3. The molecule has 1 heterocycles. The Kier molecular flexibility index (Phi) is 4.77. The first-order valence-electron chi connectivity index (χ1n) is 6.90. The van der Waals surface area contributed by atoms with Gasteiger partial charge in [0.2, 0.25) is 0 Å². The predicted molar refractivity (Wildman–Crippen MR) is 91.1 cm³/mol. The van der Waals surface area contributed by atoms with Gasteiger partial charge < -0.3 is 10.4 Å². The van der Waals surface area contributed by atoms with Crippen LogP contribution in [0.4, 0.5) is 0 Å². The van der Waals surface area contributed by atoms with Crippen molar-refractivity contribution in [3.05, 3.63) is 25.0 Å². The molecular weight excluding hydrogens is 452 g/mol. The van der Waals surface area contributed by atoms with Crippen LogP contribution in [-0.2, 0) is 0 Å². The first-order valence-corrected chi connectivity index (χ1v) is 9.28. The number of hydrogen-bond acceptors (Lipinski definition) is 3. The lowest BCUT2D eigenvalue weighted by atomic mass is 9.99. The van der Waals surface area contributed by atoms with Gasteiger partial charge in [0.1, 0.15) is 5.75 Å². The van der Waals surface area contributed by atoms with Crippen LogP contribution in [0.25, 0.3) is 0 Å².